The van der Waals surface area contributed by atoms with Crippen LogP contribution in [0.25, 0.3) is 0 Å². The van der Waals surface area contributed by atoms with E-state index in [-0.39, 0.29) is 11.9 Å². The first-order chi connectivity index (χ1) is 10.6. The Labute approximate surface area is 130 Å². The van der Waals surface area contributed by atoms with E-state index in [4.69, 9.17) is 0 Å². The maximum absolute atomic E-state index is 12.8. The fraction of sp³-hybridized carbons (Fsp3) is 0.562. The van der Waals surface area contributed by atoms with Gasteiger partial charge in [0.1, 0.15) is 0 Å². The Kier molecular flexibility index (Phi) is 4.00. The van der Waals surface area contributed by atoms with Gasteiger partial charge in [0.15, 0.2) is 0 Å². The monoisotopic (exact) mass is 301 g/mol. The number of nitrogens with zero attached hydrogens (tertiary/aromatic N) is 4. The molecule has 0 aliphatic carbocycles. The highest BCUT2D eigenvalue weighted by atomic mass is 16.2. The number of aryl methyl sites for hydroxylation is 3. The zero-order chi connectivity index (χ0) is 15.7. The molecule has 6 heteroatoms. The third-order valence-corrected chi connectivity index (χ3v) is 4.54. The molecule has 0 saturated carbocycles. The average molecular weight is 301 g/mol. The lowest BCUT2D eigenvalue weighted by molar-refractivity contribution is -0.134. The van der Waals surface area contributed by atoms with E-state index < -0.39 is 0 Å². The van der Waals surface area contributed by atoms with Crippen molar-refractivity contribution in [3.05, 3.63) is 34.9 Å². The number of likely N-dealkylation sites (tertiary alicyclic amines) is 1. The van der Waals surface area contributed by atoms with Crippen LogP contribution in [0.2, 0.25) is 0 Å². The van der Waals surface area contributed by atoms with Gasteiger partial charge >= 0.3 is 0 Å². The quantitative estimate of drug-likeness (QED) is 0.943. The number of carbonyl (C=O) groups excluding carboxylic acids is 1. The van der Waals surface area contributed by atoms with Gasteiger partial charge in [0, 0.05) is 36.6 Å². The van der Waals surface area contributed by atoms with Crippen molar-refractivity contribution in [2.24, 2.45) is 7.05 Å². The number of aromatic amines is 1. The molecule has 22 heavy (non-hydrogen) atoms. The number of aromatic nitrogens is 4. The van der Waals surface area contributed by atoms with E-state index in [2.05, 4.69) is 15.3 Å². The van der Waals surface area contributed by atoms with Gasteiger partial charge in [-0.25, -0.2) is 0 Å². The lowest BCUT2D eigenvalue weighted by atomic mass is 9.96. The SMILES string of the molecule is Cc1n[nH]c(C)c1CC(=O)N1CCCCC1c1cnn(C)c1. The first-order valence-electron chi connectivity index (χ1n) is 7.84. The zero-order valence-corrected chi connectivity index (χ0v) is 13.5. The maximum atomic E-state index is 12.8. The van der Waals surface area contributed by atoms with Crippen molar-refractivity contribution >= 4 is 5.91 Å². The molecule has 1 fully saturated rings. The smallest absolute Gasteiger partial charge is 0.227 e. The predicted molar refractivity (Wildman–Crippen MR) is 83.3 cm³/mol. The van der Waals surface area contributed by atoms with Crippen molar-refractivity contribution < 1.29 is 4.79 Å². The highest BCUT2D eigenvalue weighted by Crippen LogP contribution is 2.31. The molecule has 118 valence electrons. The fourth-order valence-electron chi connectivity index (χ4n) is 3.28. The van der Waals surface area contributed by atoms with Crippen molar-refractivity contribution in [1.82, 2.24) is 24.9 Å². The first kappa shape index (κ1) is 14.8. The minimum absolute atomic E-state index is 0.155. The van der Waals surface area contributed by atoms with Crippen molar-refractivity contribution in [1.29, 1.82) is 0 Å². The van der Waals surface area contributed by atoms with E-state index in [1.54, 1.807) is 4.68 Å². The van der Waals surface area contributed by atoms with Gasteiger partial charge in [0.2, 0.25) is 5.91 Å². The van der Waals surface area contributed by atoms with Crippen LogP contribution in [0.3, 0.4) is 0 Å². The van der Waals surface area contributed by atoms with Gasteiger partial charge in [-0.05, 0) is 33.1 Å². The maximum Gasteiger partial charge on any atom is 0.227 e. The van der Waals surface area contributed by atoms with Crippen molar-refractivity contribution in [2.45, 2.75) is 45.6 Å². The summed E-state index contributed by atoms with van der Waals surface area (Å²) in [5.74, 6) is 0.182. The molecule has 1 amide bonds. The number of hydrogen-bond acceptors (Lipinski definition) is 3. The molecule has 0 bridgehead atoms. The van der Waals surface area contributed by atoms with E-state index >= 15 is 0 Å². The van der Waals surface area contributed by atoms with Crippen LogP contribution in [-0.2, 0) is 18.3 Å². The Balaban J connectivity index is 1.80. The number of piperidine rings is 1. The van der Waals surface area contributed by atoms with Crippen LogP contribution in [0.5, 0.6) is 0 Å². The summed E-state index contributed by atoms with van der Waals surface area (Å²) in [6.07, 6.45) is 7.57. The highest BCUT2D eigenvalue weighted by molar-refractivity contribution is 5.80. The van der Waals surface area contributed by atoms with Gasteiger partial charge in [-0.3, -0.25) is 14.6 Å². The van der Waals surface area contributed by atoms with E-state index in [9.17, 15) is 4.79 Å². The van der Waals surface area contributed by atoms with Crippen LogP contribution in [-0.4, -0.2) is 37.3 Å². The van der Waals surface area contributed by atoms with E-state index in [0.717, 1.165) is 48.3 Å². The molecule has 1 atom stereocenters. The molecule has 6 nitrogen and oxygen atoms in total. The lowest BCUT2D eigenvalue weighted by Gasteiger charge is -2.35. The van der Waals surface area contributed by atoms with Crippen molar-refractivity contribution in [2.75, 3.05) is 6.54 Å². The number of rotatable bonds is 3. The summed E-state index contributed by atoms with van der Waals surface area (Å²) in [4.78, 5) is 14.8. The van der Waals surface area contributed by atoms with E-state index in [1.165, 1.54) is 0 Å². The summed E-state index contributed by atoms with van der Waals surface area (Å²) in [6, 6.07) is 0.155. The molecule has 1 unspecified atom stereocenters. The number of amides is 1. The number of hydrogen-bond donors (Lipinski definition) is 1. The molecule has 3 rings (SSSR count). The Morgan fingerprint density at radius 1 is 1.41 bits per heavy atom. The van der Waals surface area contributed by atoms with Crippen molar-refractivity contribution in [3.8, 4) is 0 Å². The summed E-state index contributed by atoms with van der Waals surface area (Å²) in [5, 5.41) is 11.4. The molecule has 0 aromatic carbocycles. The Bertz CT molecular complexity index is 652. The van der Waals surface area contributed by atoms with Gasteiger partial charge in [-0.15, -0.1) is 0 Å². The fourth-order valence-corrected chi connectivity index (χ4v) is 3.28. The molecule has 2 aromatic heterocycles. The molecule has 1 aliphatic heterocycles. The van der Waals surface area contributed by atoms with Gasteiger partial charge in [0.05, 0.1) is 24.4 Å². The molecule has 1 saturated heterocycles. The molecular formula is C16H23N5O. The van der Waals surface area contributed by atoms with Crippen LogP contribution in [0, 0.1) is 13.8 Å². The molecule has 1 N–H and O–H groups in total. The summed E-state index contributed by atoms with van der Waals surface area (Å²) < 4.78 is 1.80. The molecule has 3 heterocycles. The molecule has 0 radical (unpaired) electrons. The number of nitrogens with one attached hydrogen (secondary N) is 1. The van der Waals surface area contributed by atoms with Crippen LogP contribution in [0.15, 0.2) is 12.4 Å². The summed E-state index contributed by atoms with van der Waals surface area (Å²) in [7, 11) is 1.91. The largest absolute Gasteiger partial charge is 0.335 e. The second-order valence-corrected chi connectivity index (χ2v) is 6.14. The Morgan fingerprint density at radius 3 is 2.86 bits per heavy atom. The first-order valence-corrected chi connectivity index (χ1v) is 7.84. The second-order valence-electron chi connectivity index (χ2n) is 6.14. The summed E-state index contributed by atoms with van der Waals surface area (Å²) in [6.45, 7) is 4.74. The minimum Gasteiger partial charge on any atom is -0.335 e. The average Bonchev–Trinajstić information content (AvgIpc) is 3.08. The normalized spacial score (nSPS) is 18.7. The van der Waals surface area contributed by atoms with Gasteiger partial charge in [0.25, 0.3) is 0 Å². The Morgan fingerprint density at radius 2 is 2.23 bits per heavy atom. The number of H-pyrrole nitrogens is 1. The third-order valence-electron chi connectivity index (χ3n) is 4.54. The summed E-state index contributed by atoms with van der Waals surface area (Å²) >= 11 is 0. The van der Waals surface area contributed by atoms with E-state index in [0.29, 0.717) is 6.42 Å². The molecule has 1 aliphatic rings. The lowest BCUT2D eigenvalue weighted by Crippen LogP contribution is -2.39. The van der Waals surface area contributed by atoms with Gasteiger partial charge < -0.3 is 4.90 Å². The summed E-state index contributed by atoms with van der Waals surface area (Å²) in [5.41, 5.74) is 4.07. The Hall–Kier alpha value is -2.11. The van der Waals surface area contributed by atoms with E-state index in [1.807, 2.05) is 38.2 Å². The van der Waals surface area contributed by atoms with Crippen molar-refractivity contribution in [3.63, 3.8) is 0 Å². The highest BCUT2D eigenvalue weighted by Gasteiger charge is 2.29. The van der Waals surface area contributed by atoms with Crippen LogP contribution in [0.4, 0.5) is 0 Å². The predicted octanol–water partition coefficient (Wildman–Crippen LogP) is 2.06. The van der Waals surface area contributed by atoms with Gasteiger partial charge in [-0.1, -0.05) is 0 Å². The molecular weight excluding hydrogens is 278 g/mol. The minimum atomic E-state index is 0.155. The zero-order valence-electron chi connectivity index (χ0n) is 13.5. The van der Waals surface area contributed by atoms with Crippen LogP contribution in [0.1, 0.15) is 47.8 Å². The topological polar surface area (TPSA) is 66.8 Å². The van der Waals surface area contributed by atoms with Gasteiger partial charge in [-0.2, -0.15) is 10.2 Å². The van der Waals surface area contributed by atoms with Crippen LogP contribution < -0.4 is 0 Å². The number of carbonyl (C=O) groups is 1. The second kappa shape index (κ2) is 5.94. The molecule has 0 spiro atoms. The third kappa shape index (κ3) is 2.77. The van der Waals surface area contributed by atoms with Crippen LogP contribution >= 0.6 is 0 Å². The molecule has 2 aromatic rings. The standard InChI is InChI=1S/C16H23N5O/c1-11-14(12(2)19-18-11)8-16(22)21-7-5-4-6-15(21)13-9-17-20(3)10-13/h9-10,15H,4-8H2,1-3H3,(H,18,19).